The van der Waals surface area contributed by atoms with Crippen LogP contribution in [-0.2, 0) is 9.59 Å². The third kappa shape index (κ3) is 3.58. The maximum absolute atomic E-state index is 12.9. The highest BCUT2D eigenvalue weighted by Gasteiger charge is 2.42. The summed E-state index contributed by atoms with van der Waals surface area (Å²) in [5.41, 5.74) is -0.951. The van der Waals surface area contributed by atoms with Gasteiger partial charge in [0.1, 0.15) is 5.41 Å². The zero-order chi connectivity index (χ0) is 15.5. The first-order chi connectivity index (χ1) is 9.96. The molecule has 1 aliphatic heterocycles. The molecule has 2 fully saturated rings. The normalized spacial score (nSPS) is 24.1. The molecule has 1 aliphatic carbocycles. The molecule has 1 heterocycles. The summed E-state index contributed by atoms with van der Waals surface area (Å²) in [4.78, 5) is 27.4. The number of nitrogens with one attached hydrogen (secondary N) is 1. The van der Waals surface area contributed by atoms with E-state index in [0.29, 0.717) is 6.04 Å². The van der Waals surface area contributed by atoms with Gasteiger partial charge in [0.25, 0.3) is 0 Å². The van der Waals surface area contributed by atoms with Crippen molar-refractivity contribution in [2.45, 2.75) is 84.2 Å². The van der Waals surface area contributed by atoms with E-state index in [-0.39, 0.29) is 17.9 Å². The van der Waals surface area contributed by atoms with Gasteiger partial charge >= 0.3 is 0 Å². The van der Waals surface area contributed by atoms with Crippen molar-refractivity contribution in [3.8, 4) is 0 Å². The first kappa shape index (κ1) is 16.3. The van der Waals surface area contributed by atoms with Gasteiger partial charge in [-0.1, -0.05) is 19.8 Å². The van der Waals surface area contributed by atoms with Crippen LogP contribution in [0.5, 0.6) is 0 Å². The minimum atomic E-state index is -0.951. The van der Waals surface area contributed by atoms with Crippen LogP contribution in [0, 0.1) is 5.41 Å². The van der Waals surface area contributed by atoms with E-state index in [1.807, 2.05) is 4.90 Å². The number of amides is 2. The van der Waals surface area contributed by atoms with Crippen LogP contribution in [0.2, 0.25) is 0 Å². The number of nitrogens with zero attached hydrogens (tertiary/aromatic N) is 1. The Labute approximate surface area is 128 Å². The number of hydrogen-bond donors (Lipinski definition) is 1. The second-order valence-corrected chi connectivity index (χ2v) is 7.14. The Morgan fingerprint density at radius 2 is 1.71 bits per heavy atom. The summed E-state index contributed by atoms with van der Waals surface area (Å²) < 4.78 is 0. The fourth-order valence-electron chi connectivity index (χ4n) is 3.58. The van der Waals surface area contributed by atoms with Crippen molar-refractivity contribution in [1.82, 2.24) is 10.2 Å². The largest absolute Gasteiger partial charge is 0.352 e. The van der Waals surface area contributed by atoms with E-state index in [4.69, 9.17) is 0 Å². The standard InChI is InChI=1S/C17H30N2O2/c1-4-14-11-7-8-12-19(14)16(21)17(2,3)15(20)18-13-9-5-6-10-13/h13-14H,4-12H2,1-3H3,(H,18,20). The van der Waals surface area contributed by atoms with E-state index in [1.54, 1.807) is 13.8 Å². The highest BCUT2D eigenvalue weighted by Crippen LogP contribution is 2.28. The molecule has 2 aliphatic rings. The summed E-state index contributed by atoms with van der Waals surface area (Å²) in [6, 6.07) is 0.581. The second kappa shape index (κ2) is 6.80. The van der Waals surface area contributed by atoms with Crippen LogP contribution in [0.25, 0.3) is 0 Å². The van der Waals surface area contributed by atoms with Crippen molar-refractivity contribution in [2.24, 2.45) is 5.41 Å². The molecule has 0 aromatic carbocycles. The predicted octanol–water partition coefficient (Wildman–Crippen LogP) is 2.86. The highest BCUT2D eigenvalue weighted by molar-refractivity contribution is 6.04. The van der Waals surface area contributed by atoms with Crippen LogP contribution in [0.15, 0.2) is 0 Å². The smallest absolute Gasteiger partial charge is 0.237 e. The predicted molar refractivity (Wildman–Crippen MR) is 83.8 cm³/mol. The molecule has 1 N–H and O–H groups in total. The molecule has 2 rings (SSSR count). The first-order valence-corrected chi connectivity index (χ1v) is 8.59. The lowest BCUT2D eigenvalue weighted by atomic mass is 9.87. The van der Waals surface area contributed by atoms with Gasteiger partial charge in [0, 0.05) is 18.6 Å². The van der Waals surface area contributed by atoms with E-state index in [0.717, 1.165) is 38.6 Å². The molecule has 4 nitrogen and oxygen atoms in total. The molecule has 0 aromatic heterocycles. The number of hydrogen-bond acceptors (Lipinski definition) is 2. The molecule has 1 saturated carbocycles. The third-order valence-electron chi connectivity index (χ3n) is 5.15. The van der Waals surface area contributed by atoms with Gasteiger partial charge in [0.15, 0.2) is 0 Å². The molecule has 1 saturated heterocycles. The Morgan fingerprint density at radius 3 is 2.33 bits per heavy atom. The zero-order valence-corrected chi connectivity index (χ0v) is 13.8. The Balaban J connectivity index is 2.02. The van der Waals surface area contributed by atoms with Crippen molar-refractivity contribution in [3.05, 3.63) is 0 Å². The van der Waals surface area contributed by atoms with Gasteiger partial charge in [-0.05, 0) is 52.4 Å². The number of carbonyl (C=O) groups is 2. The van der Waals surface area contributed by atoms with Crippen LogP contribution in [0.4, 0.5) is 0 Å². The first-order valence-electron chi connectivity index (χ1n) is 8.59. The summed E-state index contributed by atoms with van der Waals surface area (Å²) in [5.74, 6) is -0.0932. The lowest BCUT2D eigenvalue weighted by Crippen LogP contribution is -2.54. The number of likely N-dealkylation sites (tertiary alicyclic amines) is 1. The molecule has 4 heteroatoms. The third-order valence-corrected chi connectivity index (χ3v) is 5.15. The van der Waals surface area contributed by atoms with Gasteiger partial charge in [-0.25, -0.2) is 0 Å². The Morgan fingerprint density at radius 1 is 1.10 bits per heavy atom. The van der Waals surface area contributed by atoms with E-state index >= 15 is 0 Å². The molecular weight excluding hydrogens is 264 g/mol. The topological polar surface area (TPSA) is 49.4 Å². The van der Waals surface area contributed by atoms with Gasteiger partial charge in [0.2, 0.25) is 11.8 Å². The number of rotatable bonds is 4. The number of carbonyl (C=O) groups excluding carboxylic acids is 2. The van der Waals surface area contributed by atoms with Gasteiger partial charge in [-0.3, -0.25) is 9.59 Å². The molecule has 0 aromatic rings. The molecular formula is C17H30N2O2. The molecule has 1 atom stereocenters. The van der Waals surface area contributed by atoms with Gasteiger partial charge in [0.05, 0.1) is 0 Å². The van der Waals surface area contributed by atoms with Crippen LogP contribution < -0.4 is 5.32 Å². The molecule has 2 amide bonds. The minimum Gasteiger partial charge on any atom is -0.352 e. The van der Waals surface area contributed by atoms with E-state index in [9.17, 15) is 9.59 Å². The minimum absolute atomic E-state index is 0.00421. The molecule has 0 spiro atoms. The average molecular weight is 294 g/mol. The summed E-state index contributed by atoms with van der Waals surface area (Å²) in [6.45, 7) is 6.49. The van der Waals surface area contributed by atoms with Crippen molar-refractivity contribution >= 4 is 11.8 Å². The van der Waals surface area contributed by atoms with E-state index in [1.165, 1.54) is 19.3 Å². The van der Waals surface area contributed by atoms with Crippen molar-refractivity contribution in [1.29, 1.82) is 0 Å². The van der Waals surface area contributed by atoms with E-state index in [2.05, 4.69) is 12.2 Å². The molecule has 0 bridgehead atoms. The molecule has 0 radical (unpaired) electrons. The Hall–Kier alpha value is -1.06. The lowest BCUT2D eigenvalue weighted by Gasteiger charge is -2.39. The van der Waals surface area contributed by atoms with Gasteiger partial charge < -0.3 is 10.2 Å². The van der Waals surface area contributed by atoms with Crippen LogP contribution in [0.3, 0.4) is 0 Å². The van der Waals surface area contributed by atoms with E-state index < -0.39 is 5.41 Å². The zero-order valence-electron chi connectivity index (χ0n) is 13.8. The monoisotopic (exact) mass is 294 g/mol. The SMILES string of the molecule is CCC1CCCCN1C(=O)C(C)(C)C(=O)NC1CCCC1. The average Bonchev–Trinajstić information content (AvgIpc) is 2.99. The molecule has 120 valence electrons. The van der Waals surface area contributed by atoms with Crippen LogP contribution in [0.1, 0.15) is 72.1 Å². The maximum Gasteiger partial charge on any atom is 0.237 e. The Kier molecular flexibility index (Phi) is 5.28. The second-order valence-electron chi connectivity index (χ2n) is 7.14. The fraction of sp³-hybridized carbons (Fsp3) is 0.882. The van der Waals surface area contributed by atoms with Gasteiger partial charge in [-0.2, -0.15) is 0 Å². The summed E-state index contributed by atoms with van der Waals surface area (Å²) >= 11 is 0. The lowest BCUT2D eigenvalue weighted by molar-refractivity contribution is -0.151. The molecule has 1 unspecified atom stereocenters. The molecule has 21 heavy (non-hydrogen) atoms. The Bertz CT molecular complexity index is 386. The summed E-state index contributed by atoms with van der Waals surface area (Å²) in [6.07, 6.45) is 8.77. The van der Waals surface area contributed by atoms with Gasteiger partial charge in [-0.15, -0.1) is 0 Å². The maximum atomic E-state index is 12.9. The van der Waals surface area contributed by atoms with Crippen molar-refractivity contribution in [3.63, 3.8) is 0 Å². The van der Waals surface area contributed by atoms with Crippen LogP contribution >= 0.6 is 0 Å². The fourth-order valence-corrected chi connectivity index (χ4v) is 3.58. The van der Waals surface area contributed by atoms with Crippen LogP contribution in [-0.4, -0.2) is 35.3 Å². The highest BCUT2D eigenvalue weighted by atomic mass is 16.2. The summed E-state index contributed by atoms with van der Waals surface area (Å²) in [5, 5.41) is 3.09. The quantitative estimate of drug-likeness (QED) is 0.811. The van der Waals surface area contributed by atoms with Crippen molar-refractivity contribution < 1.29 is 9.59 Å². The van der Waals surface area contributed by atoms with Crippen molar-refractivity contribution in [2.75, 3.05) is 6.54 Å². The summed E-state index contributed by atoms with van der Waals surface area (Å²) in [7, 11) is 0. The number of piperidine rings is 1.